The molecule has 0 aliphatic carbocycles. The van der Waals surface area contributed by atoms with E-state index in [2.05, 4.69) is 0 Å². The lowest BCUT2D eigenvalue weighted by Crippen LogP contribution is -2.26. The summed E-state index contributed by atoms with van der Waals surface area (Å²) < 4.78 is 51.9. The van der Waals surface area contributed by atoms with Crippen LogP contribution >= 0.6 is 0 Å². The molecule has 0 aliphatic rings. The van der Waals surface area contributed by atoms with Crippen LogP contribution in [0.2, 0.25) is 0 Å². The fourth-order valence-corrected chi connectivity index (χ4v) is 3.08. The van der Waals surface area contributed by atoms with Crippen molar-refractivity contribution in [1.29, 1.82) is 0 Å². The van der Waals surface area contributed by atoms with Gasteiger partial charge in [-0.25, -0.2) is 12.8 Å². The summed E-state index contributed by atoms with van der Waals surface area (Å²) in [7, 11) is -2.78. The molecule has 0 unspecified atom stereocenters. The van der Waals surface area contributed by atoms with Crippen molar-refractivity contribution in [1.82, 2.24) is 4.31 Å². The fourth-order valence-electron chi connectivity index (χ4n) is 1.90. The van der Waals surface area contributed by atoms with Gasteiger partial charge < -0.3 is 0 Å². The number of hydrogen-bond donors (Lipinski definition) is 0. The van der Waals surface area contributed by atoms with Gasteiger partial charge in [-0.1, -0.05) is 12.1 Å². The zero-order valence-corrected chi connectivity index (χ0v) is 12.8. The molecule has 9 heteroatoms. The van der Waals surface area contributed by atoms with Crippen molar-refractivity contribution >= 4 is 15.7 Å². The van der Waals surface area contributed by atoms with Gasteiger partial charge >= 0.3 is 5.69 Å². The van der Waals surface area contributed by atoms with Crippen molar-refractivity contribution in [2.24, 2.45) is 0 Å². The Labute approximate surface area is 131 Å². The summed E-state index contributed by atoms with van der Waals surface area (Å²) >= 11 is 0. The predicted octanol–water partition coefficient (Wildman–Crippen LogP) is 2.69. The van der Waals surface area contributed by atoms with Crippen LogP contribution in [-0.2, 0) is 16.6 Å². The highest BCUT2D eigenvalue weighted by Gasteiger charge is 2.25. The number of rotatable bonds is 5. The van der Waals surface area contributed by atoms with Gasteiger partial charge in [-0.2, -0.15) is 8.70 Å². The quantitative estimate of drug-likeness (QED) is 0.618. The number of nitro groups is 1. The van der Waals surface area contributed by atoms with Crippen LogP contribution in [0.5, 0.6) is 0 Å². The van der Waals surface area contributed by atoms with Crippen LogP contribution in [0.15, 0.2) is 47.4 Å². The summed E-state index contributed by atoms with van der Waals surface area (Å²) in [5, 5.41) is 10.7. The maximum absolute atomic E-state index is 13.3. The number of halogens is 2. The highest BCUT2D eigenvalue weighted by molar-refractivity contribution is 7.89. The summed E-state index contributed by atoms with van der Waals surface area (Å²) in [4.78, 5) is 9.33. The van der Waals surface area contributed by atoms with Crippen molar-refractivity contribution in [3.05, 3.63) is 69.8 Å². The Kier molecular flexibility index (Phi) is 4.71. The fraction of sp³-hybridized carbons (Fsp3) is 0.143. The molecule has 23 heavy (non-hydrogen) atoms. The van der Waals surface area contributed by atoms with E-state index in [1.165, 1.54) is 31.3 Å². The molecular weight excluding hydrogens is 330 g/mol. The Hall–Kier alpha value is -2.39. The molecule has 0 spiro atoms. The second-order valence-electron chi connectivity index (χ2n) is 4.76. The number of hydrogen-bond acceptors (Lipinski definition) is 4. The number of nitrogens with zero attached hydrogens (tertiary/aromatic N) is 2. The van der Waals surface area contributed by atoms with E-state index in [-0.39, 0.29) is 6.54 Å². The Balaban J connectivity index is 2.32. The third-order valence-electron chi connectivity index (χ3n) is 3.14. The van der Waals surface area contributed by atoms with Gasteiger partial charge in [-0.15, -0.1) is 0 Å². The number of benzene rings is 2. The molecule has 2 rings (SSSR count). The average molecular weight is 342 g/mol. The minimum Gasteiger partial charge on any atom is -0.258 e. The average Bonchev–Trinajstić information content (AvgIpc) is 2.49. The summed E-state index contributed by atoms with van der Waals surface area (Å²) in [6.45, 7) is -0.0617. The molecule has 0 saturated heterocycles. The Morgan fingerprint density at radius 3 is 2.30 bits per heavy atom. The largest absolute Gasteiger partial charge is 0.306 e. The van der Waals surface area contributed by atoms with Gasteiger partial charge in [0.25, 0.3) is 0 Å². The first-order valence-electron chi connectivity index (χ1n) is 6.36. The van der Waals surface area contributed by atoms with Crippen molar-refractivity contribution in [3.63, 3.8) is 0 Å². The number of nitro benzene ring substituents is 1. The maximum atomic E-state index is 13.3. The normalized spacial score (nSPS) is 11.7. The second kappa shape index (κ2) is 6.39. The van der Waals surface area contributed by atoms with E-state index in [9.17, 15) is 27.3 Å². The smallest absolute Gasteiger partial charge is 0.258 e. The van der Waals surface area contributed by atoms with E-state index < -0.39 is 37.2 Å². The van der Waals surface area contributed by atoms with Gasteiger partial charge in [-0.3, -0.25) is 10.1 Å². The van der Waals surface area contributed by atoms with Crippen LogP contribution in [0.4, 0.5) is 14.5 Å². The van der Waals surface area contributed by atoms with E-state index in [1.54, 1.807) is 0 Å². The molecule has 0 aliphatic heterocycles. The predicted molar refractivity (Wildman–Crippen MR) is 78.1 cm³/mol. The Morgan fingerprint density at radius 1 is 1.13 bits per heavy atom. The SMILES string of the molecule is CN(Cc1ccc(F)cc1)S(=O)(=O)c1ccc(F)c([N+](=O)[O-])c1. The van der Waals surface area contributed by atoms with Gasteiger partial charge in [0.05, 0.1) is 9.82 Å². The Morgan fingerprint density at radius 2 is 1.74 bits per heavy atom. The molecule has 0 heterocycles. The summed E-state index contributed by atoms with van der Waals surface area (Å²) in [6.07, 6.45) is 0. The zero-order chi connectivity index (χ0) is 17.2. The number of sulfonamides is 1. The highest BCUT2D eigenvalue weighted by Crippen LogP contribution is 2.24. The van der Waals surface area contributed by atoms with Gasteiger partial charge in [0, 0.05) is 19.7 Å². The molecule has 0 saturated carbocycles. The van der Waals surface area contributed by atoms with Crippen molar-refractivity contribution in [3.8, 4) is 0 Å². The lowest BCUT2D eigenvalue weighted by molar-refractivity contribution is -0.387. The topological polar surface area (TPSA) is 80.5 Å². The van der Waals surface area contributed by atoms with Crippen LogP contribution in [0, 0.1) is 21.7 Å². The molecule has 0 N–H and O–H groups in total. The van der Waals surface area contributed by atoms with Gasteiger partial charge in [0.15, 0.2) is 0 Å². The molecule has 0 fully saturated rings. The molecule has 0 atom stereocenters. The lowest BCUT2D eigenvalue weighted by atomic mass is 10.2. The van der Waals surface area contributed by atoms with E-state index >= 15 is 0 Å². The minimum absolute atomic E-state index is 0.0617. The molecule has 0 aromatic heterocycles. The molecule has 0 radical (unpaired) electrons. The second-order valence-corrected chi connectivity index (χ2v) is 6.80. The van der Waals surface area contributed by atoms with Crippen LogP contribution in [0.1, 0.15) is 5.56 Å². The lowest BCUT2D eigenvalue weighted by Gasteiger charge is -2.17. The molecule has 122 valence electrons. The van der Waals surface area contributed by atoms with E-state index in [0.29, 0.717) is 11.6 Å². The summed E-state index contributed by atoms with van der Waals surface area (Å²) in [5.74, 6) is -1.57. The first-order chi connectivity index (χ1) is 10.7. The molecule has 2 aromatic rings. The third kappa shape index (κ3) is 3.69. The highest BCUT2D eigenvalue weighted by atomic mass is 32.2. The summed E-state index contributed by atoms with van der Waals surface area (Å²) in [5.41, 5.74) is -0.379. The van der Waals surface area contributed by atoms with Gasteiger partial charge in [-0.05, 0) is 29.8 Å². The molecular formula is C14H12F2N2O4S. The third-order valence-corrected chi connectivity index (χ3v) is 4.94. The van der Waals surface area contributed by atoms with Crippen molar-refractivity contribution in [2.75, 3.05) is 7.05 Å². The van der Waals surface area contributed by atoms with E-state index in [4.69, 9.17) is 0 Å². The first kappa shape index (κ1) is 17.0. The molecule has 0 bridgehead atoms. The van der Waals surface area contributed by atoms with E-state index in [1.807, 2.05) is 0 Å². The first-order valence-corrected chi connectivity index (χ1v) is 7.80. The van der Waals surface area contributed by atoms with E-state index in [0.717, 1.165) is 16.4 Å². The van der Waals surface area contributed by atoms with Crippen LogP contribution in [0.3, 0.4) is 0 Å². The van der Waals surface area contributed by atoms with Gasteiger partial charge in [0.2, 0.25) is 15.8 Å². The van der Waals surface area contributed by atoms with Gasteiger partial charge in [0.1, 0.15) is 5.82 Å². The van der Waals surface area contributed by atoms with Crippen molar-refractivity contribution < 1.29 is 22.1 Å². The minimum atomic E-state index is -4.05. The Bertz CT molecular complexity index is 838. The van der Waals surface area contributed by atoms with Crippen LogP contribution < -0.4 is 0 Å². The molecule has 6 nitrogen and oxygen atoms in total. The maximum Gasteiger partial charge on any atom is 0.306 e. The van der Waals surface area contributed by atoms with Crippen molar-refractivity contribution in [2.45, 2.75) is 11.4 Å². The molecule has 0 amide bonds. The van der Waals surface area contributed by atoms with Crippen LogP contribution in [-0.4, -0.2) is 24.7 Å². The summed E-state index contributed by atoms with van der Waals surface area (Å²) in [6, 6.07) is 7.60. The zero-order valence-electron chi connectivity index (χ0n) is 11.9. The monoisotopic (exact) mass is 342 g/mol. The molecule has 2 aromatic carbocycles. The van der Waals surface area contributed by atoms with Crippen LogP contribution in [0.25, 0.3) is 0 Å². The standard InChI is InChI=1S/C14H12F2N2O4S/c1-17(9-10-2-4-11(15)5-3-10)23(21,22)12-6-7-13(16)14(8-12)18(19)20/h2-8H,9H2,1H3.